The van der Waals surface area contributed by atoms with E-state index in [1.165, 1.54) is 6.07 Å². The van der Waals surface area contributed by atoms with E-state index in [0.29, 0.717) is 24.1 Å². The summed E-state index contributed by atoms with van der Waals surface area (Å²) in [4.78, 5) is 16.5. The third kappa shape index (κ3) is 4.02. The van der Waals surface area contributed by atoms with Crippen LogP contribution in [0, 0.1) is 5.82 Å². The summed E-state index contributed by atoms with van der Waals surface area (Å²) < 4.78 is 18.7. The van der Waals surface area contributed by atoms with E-state index in [0.717, 1.165) is 57.4 Å². The number of likely N-dealkylation sites (tertiary alicyclic amines) is 2. The Balaban J connectivity index is 1.55. The molecule has 3 rings (SSSR count). The number of rotatable bonds is 4. The van der Waals surface area contributed by atoms with Gasteiger partial charge in [0.2, 0.25) is 5.91 Å². The maximum atomic E-state index is 13.6. The molecule has 1 amide bonds. The van der Waals surface area contributed by atoms with Crippen molar-refractivity contribution in [1.82, 2.24) is 9.80 Å². The quantitative estimate of drug-likeness (QED) is 0.855. The van der Waals surface area contributed by atoms with Gasteiger partial charge in [0.1, 0.15) is 11.6 Å². The van der Waals surface area contributed by atoms with Crippen molar-refractivity contribution in [2.45, 2.75) is 44.7 Å². The van der Waals surface area contributed by atoms with Gasteiger partial charge in [-0.2, -0.15) is 0 Å². The van der Waals surface area contributed by atoms with Crippen molar-refractivity contribution in [1.29, 1.82) is 0 Å². The first-order valence-corrected chi connectivity index (χ1v) is 8.51. The van der Waals surface area contributed by atoms with Gasteiger partial charge >= 0.3 is 0 Å². The van der Waals surface area contributed by atoms with Crippen LogP contribution < -0.4 is 4.74 Å². The molecule has 2 aliphatic heterocycles. The van der Waals surface area contributed by atoms with Crippen LogP contribution in [0.4, 0.5) is 4.39 Å². The van der Waals surface area contributed by atoms with Crippen LogP contribution in [0.3, 0.4) is 0 Å². The van der Waals surface area contributed by atoms with Crippen molar-refractivity contribution in [2.24, 2.45) is 0 Å². The monoisotopic (exact) mass is 320 g/mol. The summed E-state index contributed by atoms with van der Waals surface area (Å²) in [5, 5.41) is 0. The highest BCUT2D eigenvalue weighted by atomic mass is 19.1. The van der Waals surface area contributed by atoms with Crippen LogP contribution in [0.5, 0.6) is 5.75 Å². The Morgan fingerprint density at radius 2 is 1.96 bits per heavy atom. The minimum Gasteiger partial charge on any atom is -0.497 e. The highest BCUT2D eigenvalue weighted by Crippen LogP contribution is 2.24. The molecule has 0 atom stereocenters. The molecule has 5 heteroatoms. The smallest absolute Gasteiger partial charge is 0.222 e. The number of hydrogen-bond donors (Lipinski definition) is 0. The molecule has 1 aromatic carbocycles. The third-order valence-electron chi connectivity index (χ3n) is 4.93. The molecule has 0 spiro atoms. The third-order valence-corrected chi connectivity index (χ3v) is 4.93. The molecule has 1 aromatic rings. The lowest BCUT2D eigenvalue weighted by molar-refractivity contribution is -0.136. The lowest BCUT2D eigenvalue weighted by Gasteiger charge is -2.40. The molecule has 4 nitrogen and oxygen atoms in total. The maximum Gasteiger partial charge on any atom is 0.222 e. The highest BCUT2D eigenvalue weighted by molar-refractivity contribution is 5.77. The normalized spacial score (nSPS) is 20.8. The van der Waals surface area contributed by atoms with E-state index in [-0.39, 0.29) is 5.82 Å². The van der Waals surface area contributed by atoms with Gasteiger partial charge in [-0.25, -0.2) is 4.39 Å². The van der Waals surface area contributed by atoms with Gasteiger partial charge in [-0.15, -0.1) is 0 Å². The van der Waals surface area contributed by atoms with Crippen LogP contribution in [0.15, 0.2) is 18.2 Å². The molecule has 2 saturated heterocycles. The average Bonchev–Trinajstić information content (AvgIpc) is 2.55. The molecule has 126 valence electrons. The van der Waals surface area contributed by atoms with Gasteiger partial charge < -0.3 is 9.64 Å². The van der Waals surface area contributed by atoms with Crippen molar-refractivity contribution >= 4 is 5.91 Å². The molecule has 2 heterocycles. The summed E-state index contributed by atoms with van der Waals surface area (Å²) in [6.07, 6.45) is 4.91. The molecule has 0 unspecified atom stereocenters. The fourth-order valence-electron chi connectivity index (χ4n) is 3.69. The first-order valence-electron chi connectivity index (χ1n) is 8.51. The number of amides is 1. The minimum absolute atomic E-state index is 0.256. The molecule has 0 aromatic heterocycles. The van der Waals surface area contributed by atoms with Crippen molar-refractivity contribution in [3.8, 4) is 5.75 Å². The van der Waals surface area contributed by atoms with E-state index in [9.17, 15) is 9.18 Å². The molecule has 23 heavy (non-hydrogen) atoms. The van der Waals surface area contributed by atoms with Gasteiger partial charge in [-0.3, -0.25) is 9.69 Å². The highest BCUT2D eigenvalue weighted by Gasteiger charge is 2.29. The lowest BCUT2D eigenvalue weighted by atomic mass is 9.99. The summed E-state index contributed by atoms with van der Waals surface area (Å²) in [6, 6.07) is 5.25. The zero-order chi connectivity index (χ0) is 16.2. The number of nitrogens with zero attached hydrogens (tertiary/aromatic N) is 2. The van der Waals surface area contributed by atoms with Gasteiger partial charge in [-0.1, -0.05) is 0 Å². The van der Waals surface area contributed by atoms with Crippen LogP contribution in [-0.4, -0.2) is 48.5 Å². The van der Waals surface area contributed by atoms with Crippen molar-refractivity contribution in [2.75, 3.05) is 26.7 Å². The zero-order valence-electron chi connectivity index (χ0n) is 13.8. The molecule has 2 fully saturated rings. The van der Waals surface area contributed by atoms with E-state index in [2.05, 4.69) is 9.80 Å². The number of ether oxygens (including phenoxy) is 1. The van der Waals surface area contributed by atoms with E-state index in [1.54, 1.807) is 13.2 Å². The fourth-order valence-corrected chi connectivity index (χ4v) is 3.69. The van der Waals surface area contributed by atoms with Crippen LogP contribution in [0.25, 0.3) is 0 Å². The Hall–Kier alpha value is -1.62. The Labute approximate surface area is 137 Å². The average molecular weight is 320 g/mol. The van der Waals surface area contributed by atoms with Crippen LogP contribution in [0.1, 0.15) is 37.7 Å². The fraction of sp³-hybridized carbons (Fsp3) is 0.611. The largest absolute Gasteiger partial charge is 0.497 e. The van der Waals surface area contributed by atoms with Crippen molar-refractivity contribution in [3.63, 3.8) is 0 Å². The maximum absolute atomic E-state index is 13.6. The van der Waals surface area contributed by atoms with Crippen molar-refractivity contribution < 1.29 is 13.9 Å². The number of carbonyl (C=O) groups is 1. The van der Waals surface area contributed by atoms with Gasteiger partial charge in [0.25, 0.3) is 0 Å². The summed E-state index contributed by atoms with van der Waals surface area (Å²) >= 11 is 0. The Morgan fingerprint density at radius 3 is 2.65 bits per heavy atom. The number of hydrogen-bond acceptors (Lipinski definition) is 3. The van der Waals surface area contributed by atoms with Crippen LogP contribution in [-0.2, 0) is 11.3 Å². The molecular weight excluding hydrogens is 295 g/mol. The van der Waals surface area contributed by atoms with Gasteiger partial charge in [0, 0.05) is 44.7 Å². The van der Waals surface area contributed by atoms with E-state index in [1.807, 2.05) is 6.07 Å². The second-order valence-corrected chi connectivity index (χ2v) is 6.55. The Kier molecular flexibility index (Phi) is 5.16. The minimum atomic E-state index is -0.256. The van der Waals surface area contributed by atoms with Crippen LogP contribution >= 0.6 is 0 Å². The summed E-state index contributed by atoms with van der Waals surface area (Å²) in [5.74, 6) is 0.631. The van der Waals surface area contributed by atoms with E-state index < -0.39 is 0 Å². The second kappa shape index (κ2) is 7.30. The summed E-state index contributed by atoms with van der Waals surface area (Å²) in [5.41, 5.74) is 0.939. The van der Waals surface area contributed by atoms with Crippen molar-refractivity contribution in [3.05, 3.63) is 29.6 Å². The first kappa shape index (κ1) is 16.2. The van der Waals surface area contributed by atoms with E-state index in [4.69, 9.17) is 4.74 Å². The number of halogens is 1. The Morgan fingerprint density at radius 1 is 1.17 bits per heavy atom. The zero-order valence-corrected chi connectivity index (χ0v) is 13.8. The number of carbonyl (C=O) groups excluding carboxylic acids is 1. The predicted octanol–water partition coefficient (Wildman–Crippen LogP) is 2.81. The SMILES string of the molecule is COc1cc(F)cc(CN2CCC(N3CCCCC3=O)CC2)c1. The molecule has 0 bridgehead atoms. The standard InChI is InChI=1S/C18H25FN2O2/c1-23-17-11-14(10-15(19)12-17)13-20-8-5-16(6-9-20)21-7-3-2-4-18(21)22/h10-12,16H,2-9,13H2,1H3. The predicted molar refractivity (Wildman–Crippen MR) is 86.8 cm³/mol. The van der Waals surface area contributed by atoms with E-state index >= 15 is 0 Å². The topological polar surface area (TPSA) is 32.8 Å². The summed E-state index contributed by atoms with van der Waals surface area (Å²) in [6.45, 7) is 3.56. The van der Waals surface area contributed by atoms with Gasteiger partial charge in [0.15, 0.2) is 0 Å². The summed E-state index contributed by atoms with van der Waals surface area (Å²) in [7, 11) is 1.56. The molecular formula is C18H25FN2O2. The molecule has 0 radical (unpaired) electrons. The van der Waals surface area contributed by atoms with Gasteiger partial charge in [0.05, 0.1) is 7.11 Å². The number of methoxy groups -OCH3 is 1. The number of benzene rings is 1. The Bertz CT molecular complexity index is 556. The first-order chi connectivity index (χ1) is 11.2. The van der Waals surface area contributed by atoms with Gasteiger partial charge in [-0.05, 0) is 43.4 Å². The second-order valence-electron chi connectivity index (χ2n) is 6.55. The van der Waals surface area contributed by atoms with Crippen LogP contribution in [0.2, 0.25) is 0 Å². The molecule has 0 aliphatic carbocycles. The molecule has 2 aliphatic rings. The molecule has 0 saturated carbocycles. The lowest BCUT2D eigenvalue weighted by Crippen LogP contribution is -2.48. The molecule has 0 N–H and O–H groups in total. The number of piperidine rings is 2.